The van der Waals surface area contributed by atoms with Crippen LogP contribution in [0.25, 0.3) is 11.1 Å². The number of amides is 1. The Morgan fingerprint density at radius 1 is 1.23 bits per heavy atom. The number of hydrogen-bond acceptors (Lipinski definition) is 4. The lowest BCUT2D eigenvalue weighted by molar-refractivity contribution is -0.120. The van der Waals surface area contributed by atoms with Crippen LogP contribution in [0, 0.1) is 11.7 Å². The summed E-state index contributed by atoms with van der Waals surface area (Å²) in [6.07, 6.45) is 1.34. The van der Waals surface area contributed by atoms with E-state index in [9.17, 15) is 9.18 Å². The maximum atomic E-state index is 13.9. The van der Waals surface area contributed by atoms with E-state index in [0.717, 1.165) is 11.1 Å². The Labute approximate surface area is 158 Å². The number of aromatic nitrogens is 1. The highest BCUT2D eigenvalue weighted by Gasteiger charge is 2.27. The van der Waals surface area contributed by atoms with Crippen LogP contribution in [0.4, 0.5) is 16.1 Å². The molecule has 1 saturated heterocycles. The number of fused-ring (bicyclic) bond motifs is 1. The highest BCUT2D eigenvalue weighted by atomic mass is 79.9. The van der Waals surface area contributed by atoms with Gasteiger partial charge in [0.15, 0.2) is 5.58 Å². The van der Waals surface area contributed by atoms with Gasteiger partial charge in [0.25, 0.3) is 6.01 Å². The average molecular weight is 418 g/mol. The van der Waals surface area contributed by atoms with Crippen molar-refractivity contribution in [3.05, 3.63) is 52.8 Å². The predicted molar refractivity (Wildman–Crippen MR) is 102 cm³/mol. The second-order valence-corrected chi connectivity index (χ2v) is 7.25. The molecule has 1 aliphatic rings. The van der Waals surface area contributed by atoms with Gasteiger partial charge in [0.05, 0.1) is 5.69 Å². The van der Waals surface area contributed by atoms with Crippen molar-refractivity contribution in [2.45, 2.75) is 12.8 Å². The van der Waals surface area contributed by atoms with Crippen molar-refractivity contribution in [3.8, 4) is 0 Å². The summed E-state index contributed by atoms with van der Waals surface area (Å²) in [5.41, 5.74) is 1.79. The average Bonchev–Trinajstić information content (AvgIpc) is 3.08. The van der Waals surface area contributed by atoms with Crippen molar-refractivity contribution < 1.29 is 13.6 Å². The molecule has 0 atom stereocenters. The molecule has 2 heterocycles. The van der Waals surface area contributed by atoms with Crippen molar-refractivity contribution >= 4 is 44.6 Å². The fourth-order valence-electron chi connectivity index (χ4n) is 3.15. The number of carbonyl (C=O) groups is 1. The minimum atomic E-state index is -0.448. The minimum Gasteiger partial charge on any atom is -0.423 e. The number of halogens is 2. The van der Waals surface area contributed by atoms with E-state index in [-0.39, 0.29) is 17.5 Å². The maximum absolute atomic E-state index is 13.9. The van der Waals surface area contributed by atoms with E-state index in [4.69, 9.17) is 4.42 Å². The Hall–Kier alpha value is -2.41. The summed E-state index contributed by atoms with van der Waals surface area (Å²) in [6.45, 7) is 1.35. The molecule has 2 aromatic carbocycles. The Morgan fingerprint density at radius 3 is 2.73 bits per heavy atom. The third kappa shape index (κ3) is 3.44. The smallest absolute Gasteiger partial charge is 0.298 e. The molecule has 1 aromatic heterocycles. The number of carbonyl (C=O) groups excluding carboxylic acids is 1. The zero-order valence-corrected chi connectivity index (χ0v) is 15.5. The monoisotopic (exact) mass is 417 g/mol. The summed E-state index contributed by atoms with van der Waals surface area (Å²) < 4.78 is 20.3. The van der Waals surface area contributed by atoms with Crippen LogP contribution in [0.3, 0.4) is 0 Å². The van der Waals surface area contributed by atoms with E-state index in [0.29, 0.717) is 36.4 Å². The largest absolute Gasteiger partial charge is 0.423 e. The number of nitrogens with zero attached hydrogens (tertiary/aromatic N) is 2. The van der Waals surface area contributed by atoms with E-state index < -0.39 is 5.82 Å². The van der Waals surface area contributed by atoms with Gasteiger partial charge < -0.3 is 14.6 Å². The second kappa shape index (κ2) is 7.07. The molecule has 134 valence electrons. The number of para-hydroxylation sites is 2. The lowest BCUT2D eigenvalue weighted by atomic mass is 9.96. The molecule has 1 amide bonds. The van der Waals surface area contributed by atoms with Gasteiger partial charge in [-0.3, -0.25) is 4.79 Å². The number of oxazole rings is 1. The predicted octanol–water partition coefficient (Wildman–Crippen LogP) is 4.58. The molecule has 1 aliphatic heterocycles. The Balaban J connectivity index is 1.39. The summed E-state index contributed by atoms with van der Waals surface area (Å²) in [6, 6.07) is 12.8. The molecule has 0 saturated carbocycles. The normalized spacial score (nSPS) is 15.4. The number of piperidine rings is 1. The first-order chi connectivity index (χ1) is 12.6. The zero-order valence-electron chi connectivity index (χ0n) is 13.9. The fraction of sp³-hybridized carbons (Fsp3) is 0.263. The quantitative estimate of drug-likeness (QED) is 0.677. The van der Waals surface area contributed by atoms with Crippen molar-refractivity contribution in [2.75, 3.05) is 23.3 Å². The Morgan fingerprint density at radius 2 is 2.00 bits per heavy atom. The van der Waals surface area contributed by atoms with Crippen LogP contribution in [0.1, 0.15) is 12.8 Å². The van der Waals surface area contributed by atoms with Gasteiger partial charge in [-0.15, -0.1) is 0 Å². The third-order valence-electron chi connectivity index (χ3n) is 4.61. The molecule has 4 rings (SSSR count). The number of hydrogen-bond donors (Lipinski definition) is 1. The van der Waals surface area contributed by atoms with Crippen LogP contribution in [0.2, 0.25) is 0 Å². The highest BCUT2D eigenvalue weighted by Crippen LogP contribution is 2.27. The van der Waals surface area contributed by atoms with Crippen molar-refractivity contribution in [1.82, 2.24) is 4.98 Å². The molecule has 0 spiro atoms. The van der Waals surface area contributed by atoms with E-state index in [1.54, 1.807) is 12.1 Å². The van der Waals surface area contributed by atoms with Crippen molar-refractivity contribution in [2.24, 2.45) is 5.92 Å². The first-order valence-corrected chi connectivity index (χ1v) is 9.26. The molecular formula is C19H17BrFN3O2. The van der Waals surface area contributed by atoms with Gasteiger partial charge >= 0.3 is 0 Å². The van der Waals surface area contributed by atoms with E-state index in [2.05, 4.69) is 26.2 Å². The SMILES string of the molecule is O=C(Nc1ccc(Br)cc1F)C1CCN(c2nc3ccccc3o2)CC1. The topological polar surface area (TPSA) is 58.4 Å². The molecule has 1 N–H and O–H groups in total. The number of rotatable bonds is 3. The van der Waals surface area contributed by atoms with Gasteiger partial charge in [0, 0.05) is 23.5 Å². The molecule has 5 nitrogen and oxygen atoms in total. The molecule has 0 aliphatic carbocycles. The number of nitrogens with one attached hydrogen (secondary N) is 1. The van der Waals surface area contributed by atoms with Crippen LogP contribution in [0.5, 0.6) is 0 Å². The second-order valence-electron chi connectivity index (χ2n) is 6.34. The van der Waals surface area contributed by atoms with Gasteiger partial charge in [0.2, 0.25) is 5.91 Å². The van der Waals surface area contributed by atoms with Crippen molar-refractivity contribution in [3.63, 3.8) is 0 Å². The van der Waals surface area contributed by atoms with Gasteiger partial charge in [-0.05, 0) is 43.2 Å². The molecular weight excluding hydrogens is 401 g/mol. The summed E-state index contributed by atoms with van der Waals surface area (Å²) in [4.78, 5) is 19.0. The number of benzene rings is 2. The number of anilines is 2. The Kier molecular flexibility index (Phi) is 4.63. The molecule has 7 heteroatoms. The van der Waals surface area contributed by atoms with Gasteiger partial charge in [-0.25, -0.2) is 4.39 Å². The zero-order chi connectivity index (χ0) is 18.1. The van der Waals surface area contributed by atoms with E-state index >= 15 is 0 Å². The van der Waals surface area contributed by atoms with Crippen molar-refractivity contribution in [1.29, 1.82) is 0 Å². The van der Waals surface area contributed by atoms with Crippen LogP contribution < -0.4 is 10.2 Å². The molecule has 0 unspecified atom stereocenters. The standard InChI is InChI=1S/C19H17BrFN3O2/c20-13-5-6-15(14(21)11-13)22-18(25)12-7-9-24(10-8-12)19-23-16-3-1-2-4-17(16)26-19/h1-6,11-12H,7-10H2,(H,22,25). The van der Waals surface area contributed by atoms with Crippen LogP contribution in [0.15, 0.2) is 51.4 Å². The van der Waals surface area contributed by atoms with Gasteiger partial charge in [0.1, 0.15) is 11.3 Å². The first-order valence-electron chi connectivity index (χ1n) is 8.46. The minimum absolute atomic E-state index is 0.150. The highest BCUT2D eigenvalue weighted by molar-refractivity contribution is 9.10. The van der Waals surface area contributed by atoms with E-state index in [1.165, 1.54) is 6.07 Å². The lowest BCUT2D eigenvalue weighted by Crippen LogP contribution is -2.38. The van der Waals surface area contributed by atoms with Gasteiger partial charge in [-0.2, -0.15) is 4.98 Å². The summed E-state index contributed by atoms with van der Waals surface area (Å²) in [5.74, 6) is -0.751. The fourth-order valence-corrected chi connectivity index (χ4v) is 3.49. The third-order valence-corrected chi connectivity index (χ3v) is 5.10. The van der Waals surface area contributed by atoms with Gasteiger partial charge in [-0.1, -0.05) is 28.1 Å². The summed E-state index contributed by atoms with van der Waals surface area (Å²) in [7, 11) is 0. The van der Waals surface area contributed by atoms with Crippen LogP contribution >= 0.6 is 15.9 Å². The molecule has 0 radical (unpaired) electrons. The maximum Gasteiger partial charge on any atom is 0.298 e. The Bertz CT molecular complexity index is 918. The summed E-state index contributed by atoms with van der Waals surface area (Å²) in [5, 5.41) is 2.69. The van der Waals surface area contributed by atoms with Crippen LogP contribution in [-0.4, -0.2) is 24.0 Å². The summed E-state index contributed by atoms with van der Waals surface area (Å²) >= 11 is 3.21. The molecule has 3 aromatic rings. The molecule has 26 heavy (non-hydrogen) atoms. The molecule has 1 fully saturated rings. The molecule has 0 bridgehead atoms. The first kappa shape index (κ1) is 17.0. The lowest BCUT2D eigenvalue weighted by Gasteiger charge is -2.30. The van der Waals surface area contributed by atoms with E-state index in [1.807, 2.05) is 29.2 Å². The van der Waals surface area contributed by atoms with Crippen LogP contribution in [-0.2, 0) is 4.79 Å².